The zero-order valence-corrected chi connectivity index (χ0v) is 15.9. The lowest BCUT2D eigenvalue weighted by atomic mass is 10.0. The Labute approximate surface area is 159 Å². The molecule has 0 N–H and O–H groups in total. The first-order valence-electron chi connectivity index (χ1n) is 8.90. The van der Waals surface area contributed by atoms with Crippen molar-refractivity contribution in [1.29, 1.82) is 0 Å². The van der Waals surface area contributed by atoms with Gasteiger partial charge in [-0.3, -0.25) is 9.59 Å². The highest BCUT2D eigenvalue weighted by Gasteiger charge is 2.23. The highest BCUT2D eigenvalue weighted by atomic mass is 35.5. The van der Waals surface area contributed by atoms with Gasteiger partial charge in [-0.1, -0.05) is 35.9 Å². The maximum absolute atomic E-state index is 12.8. The Bertz CT molecular complexity index is 835. The summed E-state index contributed by atoms with van der Waals surface area (Å²) < 4.78 is 0. The van der Waals surface area contributed by atoms with Crippen LogP contribution in [-0.2, 0) is 16.0 Å². The third kappa shape index (κ3) is 3.91. The Hall–Kier alpha value is -2.33. The Morgan fingerprint density at radius 3 is 2.69 bits per heavy atom. The molecule has 2 aromatic rings. The van der Waals surface area contributed by atoms with Gasteiger partial charge in [-0.15, -0.1) is 0 Å². The molecule has 0 aliphatic carbocycles. The van der Waals surface area contributed by atoms with Crippen LogP contribution in [0.2, 0.25) is 5.02 Å². The van der Waals surface area contributed by atoms with Crippen LogP contribution in [0.4, 0.5) is 11.4 Å². The number of anilines is 2. The van der Waals surface area contributed by atoms with Crippen LogP contribution in [0, 0.1) is 6.92 Å². The van der Waals surface area contributed by atoms with Gasteiger partial charge >= 0.3 is 0 Å². The second-order valence-electron chi connectivity index (χ2n) is 6.63. The predicted octanol–water partition coefficient (Wildman–Crippen LogP) is 4.37. The van der Waals surface area contributed by atoms with E-state index in [9.17, 15) is 9.59 Å². The molecule has 0 aromatic heterocycles. The number of halogens is 1. The van der Waals surface area contributed by atoms with Gasteiger partial charge in [0.25, 0.3) is 0 Å². The minimum absolute atomic E-state index is 0.0432. The van der Waals surface area contributed by atoms with Crippen molar-refractivity contribution >= 4 is 34.8 Å². The molecular formula is C21H23ClN2O2. The first kappa shape index (κ1) is 18.5. The lowest BCUT2D eigenvalue weighted by Crippen LogP contribution is -2.38. The largest absolute Gasteiger partial charge is 0.312 e. The second kappa shape index (κ2) is 7.92. The summed E-state index contributed by atoms with van der Waals surface area (Å²) in [5.41, 5.74) is 3.89. The van der Waals surface area contributed by atoms with E-state index in [1.54, 1.807) is 11.0 Å². The van der Waals surface area contributed by atoms with Crippen LogP contribution in [0.15, 0.2) is 42.5 Å². The van der Waals surface area contributed by atoms with Gasteiger partial charge in [0.15, 0.2) is 0 Å². The fourth-order valence-electron chi connectivity index (χ4n) is 3.35. The van der Waals surface area contributed by atoms with E-state index in [4.69, 9.17) is 11.6 Å². The number of amides is 2. The summed E-state index contributed by atoms with van der Waals surface area (Å²) in [6.07, 6.45) is 2.24. The molecule has 1 heterocycles. The molecule has 0 spiro atoms. The van der Waals surface area contributed by atoms with Crippen LogP contribution in [0.25, 0.3) is 0 Å². The number of carbonyl (C=O) groups is 2. The molecule has 4 nitrogen and oxygen atoms in total. The summed E-state index contributed by atoms with van der Waals surface area (Å²) in [4.78, 5) is 28.3. The molecule has 0 radical (unpaired) electrons. The van der Waals surface area contributed by atoms with Gasteiger partial charge in [-0.2, -0.15) is 0 Å². The van der Waals surface area contributed by atoms with E-state index in [1.807, 2.05) is 42.2 Å². The lowest BCUT2D eigenvalue weighted by Gasteiger charge is -2.30. The highest BCUT2D eigenvalue weighted by molar-refractivity contribution is 6.31. The number of benzene rings is 2. The van der Waals surface area contributed by atoms with Gasteiger partial charge in [0.1, 0.15) is 0 Å². The molecule has 0 saturated heterocycles. The molecule has 0 fully saturated rings. The van der Waals surface area contributed by atoms with Crippen molar-refractivity contribution in [1.82, 2.24) is 0 Å². The predicted molar refractivity (Wildman–Crippen MR) is 106 cm³/mol. The van der Waals surface area contributed by atoms with E-state index in [0.29, 0.717) is 11.6 Å². The SMILES string of the molecule is CC(=O)N(CCC(=O)N1CCCc2ccccc21)c1ccc(C)c(Cl)c1. The van der Waals surface area contributed by atoms with Gasteiger partial charge in [0.05, 0.1) is 0 Å². The van der Waals surface area contributed by atoms with Gasteiger partial charge < -0.3 is 9.80 Å². The van der Waals surface area contributed by atoms with Crippen LogP contribution in [0.3, 0.4) is 0 Å². The first-order valence-corrected chi connectivity index (χ1v) is 9.27. The minimum Gasteiger partial charge on any atom is -0.312 e. The zero-order valence-electron chi connectivity index (χ0n) is 15.2. The van der Waals surface area contributed by atoms with Gasteiger partial charge in [0, 0.05) is 42.8 Å². The average molecular weight is 371 g/mol. The average Bonchev–Trinajstić information content (AvgIpc) is 2.63. The number of nitrogens with zero attached hydrogens (tertiary/aromatic N) is 2. The summed E-state index contributed by atoms with van der Waals surface area (Å²) >= 11 is 6.19. The summed E-state index contributed by atoms with van der Waals surface area (Å²) in [5, 5.41) is 0.616. The van der Waals surface area contributed by atoms with Crippen molar-refractivity contribution in [3.8, 4) is 0 Å². The number of hydrogen-bond acceptors (Lipinski definition) is 2. The summed E-state index contributed by atoms with van der Waals surface area (Å²) in [7, 11) is 0. The number of rotatable bonds is 4. The van der Waals surface area contributed by atoms with Crippen molar-refractivity contribution in [3.63, 3.8) is 0 Å². The molecule has 2 aromatic carbocycles. The van der Waals surface area contributed by atoms with Crippen LogP contribution < -0.4 is 9.80 Å². The molecule has 1 aliphatic heterocycles. The number of aryl methyl sites for hydroxylation is 2. The number of hydrogen-bond donors (Lipinski definition) is 0. The smallest absolute Gasteiger partial charge is 0.228 e. The molecule has 5 heteroatoms. The molecule has 2 amide bonds. The summed E-state index contributed by atoms with van der Waals surface area (Å²) in [6.45, 7) is 4.49. The van der Waals surface area contributed by atoms with E-state index in [1.165, 1.54) is 12.5 Å². The maximum atomic E-state index is 12.8. The van der Waals surface area contributed by atoms with Crippen molar-refractivity contribution in [2.24, 2.45) is 0 Å². The van der Waals surface area contributed by atoms with Crippen molar-refractivity contribution in [2.45, 2.75) is 33.1 Å². The van der Waals surface area contributed by atoms with Crippen LogP contribution in [0.5, 0.6) is 0 Å². The molecule has 0 saturated carbocycles. The number of fused-ring (bicyclic) bond motifs is 1. The Morgan fingerprint density at radius 1 is 1.19 bits per heavy atom. The summed E-state index contributed by atoms with van der Waals surface area (Å²) in [5.74, 6) is -0.0571. The first-order chi connectivity index (χ1) is 12.5. The molecular weight excluding hydrogens is 348 g/mol. The van der Waals surface area contributed by atoms with E-state index in [-0.39, 0.29) is 18.2 Å². The quantitative estimate of drug-likeness (QED) is 0.801. The molecule has 3 rings (SSSR count). The van der Waals surface area contributed by atoms with Gasteiger partial charge in [0.2, 0.25) is 11.8 Å². The number of carbonyl (C=O) groups excluding carboxylic acids is 2. The van der Waals surface area contributed by atoms with Gasteiger partial charge in [-0.25, -0.2) is 0 Å². The Kier molecular flexibility index (Phi) is 5.62. The summed E-state index contributed by atoms with van der Waals surface area (Å²) in [6, 6.07) is 13.6. The zero-order chi connectivity index (χ0) is 18.7. The van der Waals surface area contributed by atoms with Crippen LogP contribution >= 0.6 is 11.6 Å². The van der Waals surface area contributed by atoms with Crippen molar-refractivity contribution in [2.75, 3.05) is 22.9 Å². The number of para-hydroxylation sites is 1. The normalized spacial score (nSPS) is 13.3. The maximum Gasteiger partial charge on any atom is 0.228 e. The fraction of sp³-hybridized carbons (Fsp3) is 0.333. The van der Waals surface area contributed by atoms with Crippen molar-refractivity contribution < 1.29 is 9.59 Å². The van der Waals surface area contributed by atoms with E-state index in [2.05, 4.69) is 6.07 Å². The highest BCUT2D eigenvalue weighted by Crippen LogP contribution is 2.28. The monoisotopic (exact) mass is 370 g/mol. The standard InChI is InChI=1S/C21H23ClN2O2/c1-15-9-10-18(14-19(15)22)23(16(2)25)13-11-21(26)24-12-5-7-17-6-3-4-8-20(17)24/h3-4,6,8-10,14H,5,7,11-13H2,1-2H3. The third-order valence-electron chi connectivity index (χ3n) is 4.81. The van der Waals surface area contributed by atoms with E-state index in [0.717, 1.165) is 36.3 Å². The molecule has 0 atom stereocenters. The van der Waals surface area contributed by atoms with E-state index < -0.39 is 0 Å². The second-order valence-corrected chi connectivity index (χ2v) is 7.04. The lowest BCUT2D eigenvalue weighted by molar-refractivity contribution is -0.118. The Balaban J connectivity index is 1.73. The molecule has 136 valence electrons. The Morgan fingerprint density at radius 2 is 1.96 bits per heavy atom. The molecule has 0 unspecified atom stereocenters. The molecule has 1 aliphatic rings. The van der Waals surface area contributed by atoms with Crippen LogP contribution in [-0.4, -0.2) is 24.9 Å². The van der Waals surface area contributed by atoms with E-state index >= 15 is 0 Å². The minimum atomic E-state index is -0.100. The van der Waals surface area contributed by atoms with Crippen molar-refractivity contribution in [3.05, 3.63) is 58.6 Å². The molecule has 0 bridgehead atoms. The third-order valence-corrected chi connectivity index (χ3v) is 5.21. The van der Waals surface area contributed by atoms with Crippen LogP contribution in [0.1, 0.15) is 30.9 Å². The molecule has 26 heavy (non-hydrogen) atoms. The van der Waals surface area contributed by atoms with Gasteiger partial charge in [-0.05, 0) is 49.1 Å². The topological polar surface area (TPSA) is 40.6 Å². The fourth-order valence-corrected chi connectivity index (χ4v) is 3.53.